The fourth-order valence-electron chi connectivity index (χ4n) is 4.16. The second-order valence-electron chi connectivity index (χ2n) is 7.67. The van der Waals surface area contributed by atoms with Crippen molar-refractivity contribution in [2.75, 3.05) is 18.7 Å². The Morgan fingerprint density at radius 1 is 1.10 bits per heavy atom. The highest BCUT2D eigenvalue weighted by Gasteiger charge is 2.51. The first kappa shape index (κ1) is 19.2. The van der Waals surface area contributed by atoms with E-state index >= 15 is 0 Å². The minimum atomic E-state index is -0.892. The van der Waals surface area contributed by atoms with Crippen LogP contribution in [-0.2, 0) is 9.59 Å². The normalized spacial score (nSPS) is 19.8. The van der Waals surface area contributed by atoms with Crippen molar-refractivity contribution in [3.63, 3.8) is 0 Å². The highest BCUT2D eigenvalue weighted by Crippen LogP contribution is 2.37. The molecule has 4 rings (SSSR count). The van der Waals surface area contributed by atoms with Crippen molar-refractivity contribution in [1.29, 1.82) is 0 Å². The van der Waals surface area contributed by atoms with Gasteiger partial charge in [-0.05, 0) is 25.8 Å². The number of Topliss-reactive ketones (excluding diaryl/α,β-unsaturated/α-hetero) is 1. The molecule has 2 N–H and O–H groups in total. The van der Waals surface area contributed by atoms with E-state index in [9.17, 15) is 19.2 Å². The summed E-state index contributed by atoms with van der Waals surface area (Å²) in [5, 5.41) is 5.43. The van der Waals surface area contributed by atoms with E-state index in [4.69, 9.17) is 9.47 Å². The average molecular weight is 401 g/mol. The van der Waals surface area contributed by atoms with Gasteiger partial charge in [-0.2, -0.15) is 0 Å². The molecule has 1 saturated heterocycles. The monoisotopic (exact) mass is 401 g/mol. The molecule has 4 amide bonds. The quantitative estimate of drug-likeness (QED) is 0.591. The summed E-state index contributed by atoms with van der Waals surface area (Å²) in [6.45, 7) is 0.993. The predicted octanol–water partition coefficient (Wildman–Crippen LogP) is 2.20. The maximum Gasteiger partial charge on any atom is 0.325 e. The summed E-state index contributed by atoms with van der Waals surface area (Å²) >= 11 is 0. The third kappa shape index (κ3) is 3.52. The zero-order valence-electron chi connectivity index (χ0n) is 16.2. The largest absolute Gasteiger partial charge is 0.454 e. The maximum absolute atomic E-state index is 12.9. The smallest absolute Gasteiger partial charge is 0.325 e. The summed E-state index contributed by atoms with van der Waals surface area (Å²) in [6.07, 6.45) is 4.97. The average Bonchev–Trinajstić information content (AvgIpc) is 3.11. The number of nitrogens with zero attached hydrogens (tertiary/aromatic N) is 1. The van der Waals surface area contributed by atoms with E-state index in [0.29, 0.717) is 24.3 Å². The second kappa shape index (κ2) is 7.38. The molecule has 29 heavy (non-hydrogen) atoms. The number of benzene rings is 1. The molecule has 9 heteroatoms. The van der Waals surface area contributed by atoms with Crippen molar-refractivity contribution in [2.24, 2.45) is 0 Å². The number of urea groups is 1. The summed E-state index contributed by atoms with van der Waals surface area (Å²) in [5.41, 5.74) is -0.375. The number of amides is 4. The number of rotatable bonds is 4. The number of anilines is 1. The number of carbonyl (C=O) groups is 4. The molecule has 3 aliphatic rings. The van der Waals surface area contributed by atoms with Crippen molar-refractivity contribution in [3.8, 4) is 11.5 Å². The Balaban J connectivity index is 1.50. The van der Waals surface area contributed by atoms with Crippen molar-refractivity contribution in [1.82, 2.24) is 10.2 Å². The van der Waals surface area contributed by atoms with Crippen LogP contribution in [0.25, 0.3) is 0 Å². The Kier molecular flexibility index (Phi) is 4.89. The van der Waals surface area contributed by atoms with Gasteiger partial charge in [0.1, 0.15) is 12.1 Å². The third-order valence-corrected chi connectivity index (χ3v) is 5.67. The van der Waals surface area contributed by atoms with Crippen LogP contribution in [0.1, 0.15) is 55.8 Å². The molecule has 1 aliphatic carbocycles. The molecule has 0 bridgehead atoms. The summed E-state index contributed by atoms with van der Waals surface area (Å²) in [6, 6.07) is 2.47. The van der Waals surface area contributed by atoms with Crippen molar-refractivity contribution in [3.05, 3.63) is 17.7 Å². The Morgan fingerprint density at radius 2 is 1.76 bits per heavy atom. The van der Waals surface area contributed by atoms with Gasteiger partial charge in [-0.15, -0.1) is 0 Å². The molecule has 1 aromatic carbocycles. The highest BCUT2D eigenvalue weighted by atomic mass is 16.7. The number of fused-ring (bicyclic) bond motifs is 1. The molecule has 2 fully saturated rings. The predicted molar refractivity (Wildman–Crippen MR) is 102 cm³/mol. The van der Waals surface area contributed by atoms with Gasteiger partial charge in [-0.1, -0.05) is 25.7 Å². The molecule has 2 aliphatic heterocycles. The van der Waals surface area contributed by atoms with Crippen LogP contribution in [0.4, 0.5) is 10.5 Å². The van der Waals surface area contributed by atoms with Gasteiger partial charge >= 0.3 is 6.03 Å². The molecule has 154 valence electrons. The van der Waals surface area contributed by atoms with E-state index < -0.39 is 24.0 Å². The molecule has 9 nitrogen and oxygen atoms in total. The van der Waals surface area contributed by atoms with E-state index in [1.54, 1.807) is 0 Å². The minimum absolute atomic E-state index is 0.0363. The van der Waals surface area contributed by atoms with E-state index in [-0.39, 0.29) is 29.7 Å². The Labute approximate surface area is 167 Å². The van der Waals surface area contributed by atoms with Crippen molar-refractivity contribution >= 4 is 29.3 Å². The van der Waals surface area contributed by atoms with Gasteiger partial charge < -0.3 is 20.1 Å². The Bertz CT molecular complexity index is 888. The summed E-state index contributed by atoms with van der Waals surface area (Å²) in [4.78, 5) is 50.9. The maximum atomic E-state index is 12.9. The number of imide groups is 1. The fourth-order valence-corrected chi connectivity index (χ4v) is 4.16. The van der Waals surface area contributed by atoms with Gasteiger partial charge in [0.25, 0.3) is 5.91 Å². The van der Waals surface area contributed by atoms with Crippen molar-refractivity contribution < 1.29 is 28.7 Å². The molecule has 1 aromatic rings. The van der Waals surface area contributed by atoms with Gasteiger partial charge in [0.15, 0.2) is 17.3 Å². The highest BCUT2D eigenvalue weighted by molar-refractivity contribution is 6.11. The number of hydrogen-bond donors (Lipinski definition) is 2. The van der Waals surface area contributed by atoms with Crippen LogP contribution < -0.4 is 20.1 Å². The molecule has 0 unspecified atom stereocenters. The van der Waals surface area contributed by atoms with Crippen LogP contribution in [0.5, 0.6) is 11.5 Å². The lowest BCUT2D eigenvalue weighted by molar-refractivity contribution is -0.134. The van der Waals surface area contributed by atoms with Crippen LogP contribution in [0, 0.1) is 0 Å². The molecule has 0 atom stereocenters. The zero-order valence-corrected chi connectivity index (χ0v) is 16.2. The number of carbonyl (C=O) groups excluding carboxylic acids is 4. The van der Waals surface area contributed by atoms with Gasteiger partial charge in [-0.3, -0.25) is 19.3 Å². The van der Waals surface area contributed by atoms with Gasteiger partial charge in [0, 0.05) is 11.6 Å². The standard InChI is InChI=1S/C20H23N3O6/c1-12(24)13-8-15-16(29-11-28-15)9-14(13)21-17(25)10-23-18(26)20(22-19(23)27)6-4-2-3-5-7-20/h8-9H,2-7,10-11H2,1H3,(H,21,25)(H,22,27). The van der Waals surface area contributed by atoms with Gasteiger partial charge in [0.2, 0.25) is 12.7 Å². The lowest BCUT2D eigenvalue weighted by Gasteiger charge is -2.24. The lowest BCUT2D eigenvalue weighted by atomic mass is 9.90. The summed E-state index contributed by atoms with van der Waals surface area (Å²) in [7, 11) is 0. The third-order valence-electron chi connectivity index (χ3n) is 5.67. The first-order valence-electron chi connectivity index (χ1n) is 9.78. The van der Waals surface area contributed by atoms with E-state index in [2.05, 4.69) is 10.6 Å². The number of ether oxygens (including phenoxy) is 2. The zero-order chi connectivity index (χ0) is 20.6. The van der Waals surface area contributed by atoms with Crippen LogP contribution in [0.2, 0.25) is 0 Å². The molecule has 0 radical (unpaired) electrons. The minimum Gasteiger partial charge on any atom is -0.454 e. The molecule has 2 heterocycles. The molecule has 1 spiro atoms. The molecule has 1 saturated carbocycles. The van der Waals surface area contributed by atoms with Crippen LogP contribution in [0.15, 0.2) is 12.1 Å². The lowest BCUT2D eigenvalue weighted by Crippen LogP contribution is -2.47. The fraction of sp³-hybridized carbons (Fsp3) is 0.500. The molecular formula is C20H23N3O6. The number of ketones is 1. The Morgan fingerprint density at radius 3 is 2.41 bits per heavy atom. The number of hydrogen-bond acceptors (Lipinski definition) is 6. The van der Waals surface area contributed by atoms with Crippen LogP contribution in [-0.4, -0.2) is 47.4 Å². The van der Waals surface area contributed by atoms with Crippen LogP contribution >= 0.6 is 0 Å². The molecular weight excluding hydrogens is 378 g/mol. The van der Waals surface area contributed by atoms with Gasteiger partial charge in [-0.25, -0.2) is 4.79 Å². The van der Waals surface area contributed by atoms with Crippen LogP contribution in [0.3, 0.4) is 0 Å². The first-order valence-corrected chi connectivity index (χ1v) is 9.78. The van der Waals surface area contributed by atoms with E-state index in [1.165, 1.54) is 19.1 Å². The topological polar surface area (TPSA) is 114 Å². The SMILES string of the molecule is CC(=O)c1cc2c(cc1NC(=O)CN1C(=O)NC3(CCCCCC3)C1=O)OCO2. The van der Waals surface area contributed by atoms with E-state index in [0.717, 1.165) is 30.6 Å². The van der Waals surface area contributed by atoms with Gasteiger partial charge in [0.05, 0.1) is 5.69 Å². The second-order valence-corrected chi connectivity index (χ2v) is 7.67. The van der Waals surface area contributed by atoms with Crippen molar-refractivity contribution in [2.45, 2.75) is 51.0 Å². The number of nitrogens with one attached hydrogen (secondary N) is 2. The summed E-state index contributed by atoms with van der Waals surface area (Å²) in [5.74, 6) is -0.334. The molecule has 0 aromatic heterocycles. The Hall–Kier alpha value is -3.10. The first-order chi connectivity index (χ1) is 13.9. The van der Waals surface area contributed by atoms with E-state index in [1.807, 2.05) is 0 Å². The summed E-state index contributed by atoms with van der Waals surface area (Å²) < 4.78 is 10.6.